The van der Waals surface area contributed by atoms with E-state index in [4.69, 9.17) is 4.74 Å². The molecule has 0 bridgehead atoms. The van der Waals surface area contributed by atoms with Crippen LogP contribution in [0.3, 0.4) is 0 Å². The van der Waals surface area contributed by atoms with Gasteiger partial charge in [0.1, 0.15) is 0 Å². The van der Waals surface area contributed by atoms with Crippen molar-refractivity contribution < 1.29 is 4.74 Å². The molecule has 0 aliphatic carbocycles. The molecule has 4 atom stereocenters. The van der Waals surface area contributed by atoms with Crippen LogP contribution >= 0.6 is 0 Å². The van der Waals surface area contributed by atoms with Gasteiger partial charge in [0.15, 0.2) is 0 Å². The zero-order valence-electron chi connectivity index (χ0n) is 11.1. The lowest BCUT2D eigenvalue weighted by Gasteiger charge is -2.45. The van der Waals surface area contributed by atoms with Gasteiger partial charge >= 0.3 is 0 Å². The van der Waals surface area contributed by atoms with Gasteiger partial charge in [0.25, 0.3) is 0 Å². The van der Waals surface area contributed by atoms with Crippen molar-refractivity contribution in [1.29, 1.82) is 0 Å². The smallest absolute Gasteiger partial charge is 0.0703 e. The summed E-state index contributed by atoms with van der Waals surface area (Å²) in [6, 6.07) is 1.92. The Morgan fingerprint density at radius 3 is 2.62 bits per heavy atom. The lowest BCUT2D eigenvalue weighted by Crippen LogP contribution is -2.61. The summed E-state index contributed by atoms with van der Waals surface area (Å²) in [5.74, 6) is 0.716. The van der Waals surface area contributed by atoms with Gasteiger partial charge in [-0.15, -0.1) is 0 Å². The molecule has 2 aliphatic heterocycles. The SMILES string of the molecule is CC1CN(C2CCOC2C)C(C(C)C)CN1. The second-order valence-corrected chi connectivity index (χ2v) is 5.75. The van der Waals surface area contributed by atoms with Crippen molar-refractivity contribution in [3.8, 4) is 0 Å². The molecule has 2 heterocycles. The zero-order valence-corrected chi connectivity index (χ0v) is 11.1. The number of hydrogen-bond acceptors (Lipinski definition) is 3. The maximum absolute atomic E-state index is 5.72. The highest BCUT2D eigenvalue weighted by Gasteiger charge is 2.37. The summed E-state index contributed by atoms with van der Waals surface area (Å²) in [6.45, 7) is 12.4. The van der Waals surface area contributed by atoms with Crippen LogP contribution in [0, 0.1) is 5.92 Å². The van der Waals surface area contributed by atoms with Crippen LogP contribution in [0.4, 0.5) is 0 Å². The van der Waals surface area contributed by atoms with E-state index in [1.165, 1.54) is 13.0 Å². The first-order valence-electron chi connectivity index (χ1n) is 6.70. The second kappa shape index (κ2) is 5.03. The van der Waals surface area contributed by atoms with Crippen LogP contribution in [0.15, 0.2) is 0 Å². The van der Waals surface area contributed by atoms with Crippen LogP contribution in [-0.4, -0.2) is 48.8 Å². The van der Waals surface area contributed by atoms with Gasteiger partial charge in [-0.25, -0.2) is 0 Å². The molecular formula is C13H26N2O. The molecule has 16 heavy (non-hydrogen) atoms. The van der Waals surface area contributed by atoms with E-state index >= 15 is 0 Å². The molecule has 2 saturated heterocycles. The average Bonchev–Trinajstić information content (AvgIpc) is 2.63. The maximum atomic E-state index is 5.72. The van der Waals surface area contributed by atoms with Crippen molar-refractivity contribution in [3.63, 3.8) is 0 Å². The van der Waals surface area contributed by atoms with Gasteiger partial charge in [-0.2, -0.15) is 0 Å². The molecule has 3 nitrogen and oxygen atoms in total. The Morgan fingerprint density at radius 2 is 2.06 bits per heavy atom. The number of hydrogen-bond donors (Lipinski definition) is 1. The summed E-state index contributed by atoms with van der Waals surface area (Å²) in [4.78, 5) is 2.70. The van der Waals surface area contributed by atoms with E-state index in [1.807, 2.05) is 0 Å². The first-order valence-corrected chi connectivity index (χ1v) is 6.70. The Hall–Kier alpha value is -0.120. The highest BCUT2D eigenvalue weighted by Crippen LogP contribution is 2.26. The van der Waals surface area contributed by atoms with Crippen LogP contribution in [0.1, 0.15) is 34.1 Å². The van der Waals surface area contributed by atoms with Gasteiger partial charge in [-0.1, -0.05) is 13.8 Å². The molecule has 0 radical (unpaired) electrons. The molecule has 3 heteroatoms. The zero-order chi connectivity index (χ0) is 11.7. The quantitative estimate of drug-likeness (QED) is 0.772. The summed E-state index contributed by atoms with van der Waals surface area (Å²) in [5, 5.41) is 3.60. The third-order valence-corrected chi connectivity index (χ3v) is 4.12. The van der Waals surface area contributed by atoms with Crippen LogP contribution in [-0.2, 0) is 4.74 Å². The van der Waals surface area contributed by atoms with Crippen LogP contribution in [0.2, 0.25) is 0 Å². The molecule has 4 unspecified atom stereocenters. The summed E-state index contributed by atoms with van der Waals surface area (Å²) < 4.78 is 5.72. The third-order valence-electron chi connectivity index (χ3n) is 4.12. The van der Waals surface area contributed by atoms with Gasteiger partial charge in [0, 0.05) is 37.8 Å². The number of nitrogens with zero attached hydrogens (tertiary/aromatic N) is 1. The minimum atomic E-state index is 0.409. The minimum Gasteiger partial charge on any atom is -0.377 e. The van der Waals surface area contributed by atoms with E-state index in [0.29, 0.717) is 30.1 Å². The highest BCUT2D eigenvalue weighted by atomic mass is 16.5. The summed E-state index contributed by atoms with van der Waals surface area (Å²) >= 11 is 0. The van der Waals surface area contributed by atoms with Gasteiger partial charge in [-0.3, -0.25) is 4.90 Å². The normalized spacial score (nSPS) is 41.8. The summed E-state index contributed by atoms with van der Waals surface area (Å²) in [7, 11) is 0. The Labute approximate surface area is 99.5 Å². The van der Waals surface area contributed by atoms with Gasteiger partial charge in [0.05, 0.1) is 6.10 Å². The molecule has 1 N–H and O–H groups in total. The molecule has 94 valence electrons. The Bertz CT molecular complexity index is 230. The first-order chi connectivity index (χ1) is 7.59. The molecule has 0 aromatic heterocycles. The molecule has 0 saturated carbocycles. The fourth-order valence-corrected chi connectivity index (χ4v) is 3.11. The number of ether oxygens (including phenoxy) is 1. The van der Waals surface area contributed by atoms with E-state index in [9.17, 15) is 0 Å². The Kier molecular flexibility index (Phi) is 3.88. The van der Waals surface area contributed by atoms with Gasteiger partial charge in [-0.05, 0) is 26.2 Å². The number of rotatable bonds is 2. The predicted octanol–water partition coefficient (Wildman–Crippen LogP) is 1.48. The highest BCUT2D eigenvalue weighted by molar-refractivity contribution is 4.93. The molecular weight excluding hydrogens is 200 g/mol. The lowest BCUT2D eigenvalue weighted by atomic mass is 9.95. The van der Waals surface area contributed by atoms with Crippen molar-refractivity contribution in [1.82, 2.24) is 10.2 Å². The van der Waals surface area contributed by atoms with Gasteiger partial charge in [0.2, 0.25) is 0 Å². The van der Waals surface area contributed by atoms with Crippen LogP contribution in [0.25, 0.3) is 0 Å². The van der Waals surface area contributed by atoms with E-state index in [2.05, 4.69) is 37.9 Å². The van der Waals surface area contributed by atoms with Crippen LogP contribution in [0.5, 0.6) is 0 Å². The van der Waals surface area contributed by atoms with Crippen molar-refractivity contribution in [3.05, 3.63) is 0 Å². The predicted molar refractivity (Wildman–Crippen MR) is 66.6 cm³/mol. The Balaban J connectivity index is 2.07. The van der Waals surface area contributed by atoms with Crippen molar-refractivity contribution in [2.45, 2.75) is 58.3 Å². The summed E-state index contributed by atoms with van der Waals surface area (Å²) in [5.41, 5.74) is 0. The number of piperazine rings is 1. The number of nitrogens with one attached hydrogen (secondary N) is 1. The molecule has 0 aromatic carbocycles. The van der Waals surface area contributed by atoms with Crippen LogP contribution < -0.4 is 5.32 Å². The largest absolute Gasteiger partial charge is 0.377 e. The monoisotopic (exact) mass is 226 g/mol. The van der Waals surface area contributed by atoms with Crippen molar-refractivity contribution in [2.75, 3.05) is 19.7 Å². The molecule has 2 aliphatic rings. The topological polar surface area (TPSA) is 24.5 Å². The van der Waals surface area contributed by atoms with E-state index in [-0.39, 0.29) is 0 Å². The Morgan fingerprint density at radius 1 is 1.31 bits per heavy atom. The van der Waals surface area contributed by atoms with Crippen molar-refractivity contribution >= 4 is 0 Å². The van der Waals surface area contributed by atoms with Gasteiger partial charge < -0.3 is 10.1 Å². The molecule has 0 spiro atoms. The standard InChI is InChI=1S/C13H26N2O/c1-9(2)13-7-14-10(3)8-15(13)12-5-6-16-11(12)4/h9-14H,5-8H2,1-4H3. The molecule has 0 amide bonds. The lowest BCUT2D eigenvalue weighted by molar-refractivity contribution is 0.0187. The van der Waals surface area contributed by atoms with E-state index < -0.39 is 0 Å². The first kappa shape index (κ1) is 12.3. The fraction of sp³-hybridized carbons (Fsp3) is 1.00. The third kappa shape index (κ3) is 2.41. The molecule has 2 rings (SSSR count). The van der Waals surface area contributed by atoms with Crippen molar-refractivity contribution in [2.24, 2.45) is 5.92 Å². The second-order valence-electron chi connectivity index (χ2n) is 5.75. The minimum absolute atomic E-state index is 0.409. The fourth-order valence-electron chi connectivity index (χ4n) is 3.11. The maximum Gasteiger partial charge on any atom is 0.0703 e. The summed E-state index contributed by atoms with van der Waals surface area (Å²) in [6.07, 6.45) is 1.61. The molecule has 0 aromatic rings. The molecule has 2 fully saturated rings. The van der Waals surface area contributed by atoms with E-state index in [0.717, 1.165) is 13.2 Å². The van der Waals surface area contributed by atoms with E-state index in [1.54, 1.807) is 0 Å². The average molecular weight is 226 g/mol.